The molecule has 4 heteroatoms. The zero-order valence-corrected chi connectivity index (χ0v) is 9.48. The Kier molecular flexibility index (Phi) is 3.29. The molecule has 0 bridgehead atoms. The first-order valence-corrected chi connectivity index (χ1v) is 4.77. The molecule has 0 spiro atoms. The lowest BCUT2D eigenvalue weighted by Gasteiger charge is -1.95. The van der Waals surface area contributed by atoms with E-state index in [0.29, 0.717) is 14.7 Å². The maximum Gasteiger partial charge on any atom is 0.235 e. The summed E-state index contributed by atoms with van der Waals surface area (Å²) < 4.78 is 6.07. The van der Waals surface area contributed by atoms with Crippen molar-refractivity contribution in [2.75, 3.05) is 7.11 Å². The zero-order valence-electron chi connectivity index (χ0n) is 6.30. The minimum absolute atomic E-state index is 0.158. The molecule has 0 unspecified atom stereocenters. The first-order chi connectivity index (χ1) is 5.66. The van der Waals surface area contributed by atoms with Crippen LogP contribution >= 0.6 is 31.9 Å². The van der Waals surface area contributed by atoms with Gasteiger partial charge in [-0.15, -0.1) is 0 Å². The molecule has 0 N–H and O–H groups in total. The highest BCUT2D eigenvalue weighted by Crippen LogP contribution is 2.20. The lowest BCUT2D eigenvalue weighted by molar-refractivity contribution is 0.408. The molecule has 1 rings (SSSR count). The summed E-state index contributed by atoms with van der Waals surface area (Å²) in [5, 5.41) is 0. The summed E-state index contributed by atoms with van der Waals surface area (Å²) in [7, 11) is 1.47. The Morgan fingerprint density at radius 3 is 2.42 bits per heavy atom. The van der Waals surface area contributed by atoms with Crippen LogP contribution in [-0.4, -0.2) is 7.11 Å². The second-order valence-electron chi connectivity index (χ2n) is 2.08. The molecule has 0 amide bonds. The molecule has 1 aromatic rings. The third kappa shape index (κ3) is 1.87. The fourth-order valence-electron chi connectivity index (χ4n) is 0.776. The van der Waals surface area contributed by atoms with Gasteiger partial charge >= 0.3 is 0 Å². The third-order valence-electron chi connectivity index (χ3n) is 1.33. The monoisotopic (exact) mass is 292 g/mol. The lowest BCUT2D eigenvalue weighted by Crippen LogP contribution is -2.03. The second kappa shape index (κ2) is 4.05. The van der Waals surface area contributed by atoms with Crippen molar-refractivity contribution in [2.24, 2.45) is 0 Å². The molecule has 1 aromatic carbocycles. The van der Waals surface area contributed by atoms with Crippen LogP contribution in [-0.2, 0) is 0 Å². The predicted octanol–water partition coefficient (Wildman–Crippen LogP) is 2.58. The molecular weight excluding hydrogens is 288 g/mol. The average Bonchev–Trinajstić information content (AvgIpc) is 2.14. The molecule has 12 heavy (non-hydrogen) atoms. The Labute approximate surface area is 86.8 Å². The van der Waals surface area contributed by atoms with Crippen molar-refractivity contribution in [3.05, 3.63) is 37.4 Å². The fraction of sp³-hybridized carbons (Fsp3) is 0.125. The van der Waals surface area contributed by atoms with Gasteiger partial charge in [0.05, 0.1) is 16.1 Å². The van der Waals surface area contributed by atoms with Gasteiger partial charge in [0.25, 0.3) is 0 Å². The highest BCUT2D eigenvalue weighted by molar-refractivity contribution is 9.11. The maximum absolute atomic E-state index is 11.4. The van der Waals surface area contributed by atoms with Crippen molar-refractivity contribution in [1.82, 2.24) is 0 Å². The minimum Gasteiger partial charge on any atom is -0.492 e. The van der Waals surface area contributed by atoms with Crippen LogP contribution in [0.1, 0.15) is 0 Å². The van der Waals surface area contributed by atoms with E-state index in [9.17, 15) is 4.79 Å². The van der Waals surface area contributed by atoms with E-state index in [4.69, 9.17) is 4.74 Å². The first kappa shape index (κ1) is 9.74. The summed E-state index contributed by atoms with van der Waals surface area (Å²) in [5.74, 6) is 0.312. The SMILES string of the molecule is COc1c(Br)cccc(Br)c1=O. The molecule has 0 aromatic heterocycles. The molecule has 0 fully saturated rings. The molecule has 0 radical (unpaired) electrons. The van der Waals surface area contributed by atoms with Crippen molar-refractivity contribution in [3.63, 3.8) is 0 Å². The summed E-state index contributed by atoms with van der Waals surface area (Å²) >= 11 is 6.36. The number of ether oxygens (including phenoxy) is 1. The molecule has 0 saturated carbocycles. The van der Waals surface area contributed by atoms with Gasteiger partial charge in [0.1, 0.15) is 0 Å². The Morgan fingerprint density at radius 2 is 1.83 bits per heavy atom. The molecule has 0 heterocycles. The first-order valence-electron chi connectivity index (χ1n) is 3.19. The average molecular weight is 294 g/mol. The van der Waals surface area contributed by atoms with E-state index in [1.165, 1.54) is 7.11 Å². The zero-order chi connectivity index (χ0) is 9.14. The number of hydrogen-bond acceptors (Lipinski definition) is 2. The number of halogens is 2. The molecule has 64 valence electrons. The highest BCUT2D eigenvalue weighted by Gasteiger charge is 2.04. The van der Waals surface area contributed by atoms with Crippen LogP contribution in [0.2, 0.25) is 0 Å². The largest absolute Gasteiger partial charge is 0.492 e. The van der Waals surface area contributed by atoms with E-state index in [2.05, 4.69) is 31.9 Å². The van der Waals surface area contributed by atoms with Gasteiger partial charge < -0.3 is 4.74 Å². The standard InChI is InChI=1S/C8H6Br2O2/c1-12-8-6(10)4-2-3-5(9)7(8)11/h2-4H,1H3. The van der Waals surface area contributed by atoms with E-state index in [0.717, 1.165) is 0 Å². The van der Waals surface area contributed by atoms with E-state index in [-0.39, 0.29) is 5.43 Å². The Morgan fingerprint density at radius 1 is 1.25 bits per heavy atom. The Balaban J connectivity index is 3.56. The van der Waals surface area contributed by atoms with Gasteiger partial charge in [0.2, 0.25) is 5.43 Å². The Hall–Kier alpha value is -0.350. The van der Waals surface area contributed by atoms with E-state index < -0.39 is 0 Å². The van der Waals surface area contributed by atoms with Crippen molar-refractivity contribution < 1.29 is 4.74 Å². The lowest BCUT2D eigenvalue weighted by atomic mass is 10.5. The minimum atomic E-state index is -0.158. The van der Waals surface area contributed by atoms with Crippen molar-refractivity contribution in [2.45, 2.75) is 0 Å². The van der Waals surface area contributed by atoms with Gasteiger partial charge in [-0.2, -0.15) is 0 Å². The summed E-state index contributed by atoms with van der Waals surface area (Å²) in [5.41, 5.74) is -0.158. The quantitative estimate of drug-likeness (QED) is 0.795. The van der Waals surface area contributed by atoms with Crippen LogP contribution < -0.4 is 10.2 Å². The van der Waals surface area contributed by atoms with Crippen molar-refractivity contribution >= 4 is 31.9 Å². The highest BCUT2D eigenvalue weighted by atomic mass is 79.9. The molecular formula is C8H6Br2O2. The van der Waals surface area contributed by atoms with Crippen LogP contribution in [0.5, 0.6) is 5.75 Å². The topological polar surface area (TPSA) is 26.3 Å². The summed E-state index contributed by atoms with van der Waals surface area (Å²) in [4.78, 5) is 11.4. The fourth-order valence-corrected chi connectivity index (χ4v) is 1.60. The van der Waals surface area contributed by atoms with Crippen LogP contribution in [0.25, 0.3) is 0 Å². The molecule has 0 aliphatic carbocycles. The molecule has 0 aliphatic rings. The van der Waals surface area contributed by atoms with Gasteiger partial charge in [0.15, 0.2) is 5.75 Å². The summed E-state index contributed by atoms with van der Waals surface area (Å²) in [6.07, 6.45) is 0. The molecule has 0 saturated heterocycles. The van der Waals surface area contributed by atoms with E-state index >= 15 is 0 Å². The normalized spacial score (nSPS) is 9.58. The van der Waals surface area contributed by atoms with Crippen LogP contribution in [0.15, 0.2) is 31.9 Å². The molecule has 0 atom stereocenters. The van der Waals surface area contributed by atoms with Crippen molar-refractivity contribution in [3.8, 4) is 5.75 Å². The maximum atomic E-state index is 11.4. The van der Waals surface area contributed by atoms with Gasteiger partial charge in [0, 0.05) is 0 Å². The van der Waals surface area contributed by atoms with E-state index in [1.54, 1.807) is 18.2 Å². The number of methoxy groups -OCH3 is 1. The van der Waals surface area contributed by atoms with Crippen LogP contribution in [0.4, 0.5) is 0 Å². The summed E-state index contributed by atoms with van der Waals surface area (Å²) in [6.45, 7) is 0. The second-order valence-corrected chi connectivity index (χ2v) is 3.79. The van der Waals surface area contributed by atoms with Gasteiger partial charge in [-0.25, -0.2) is 0 Å². The summed E-state index contributed by atoms with van der Waals surface area (Å²) in [6, 6.07) is 5.19. The van der Waals surface area contributed by atoms with E-state index in [1.807, 2.05) is 0 Å². The Bertz CT molecular complexity index is 350. The van der Waals surface area contributed by atoms with Gasteiger partial charge in [-0.3, -0.25) is 4.79 Å². The smallest absolute Gasteiger partial charge is 0.235 e. The van der Waals surface area contributed by atoms with Crippen LogP contribution in [0, 0.1) is 0 Å². The molecule has 0 aliphatic heterocycles. The van der Waals surface area contributed by atoms with Crippen molar-refractivity contribution in [1.29, 1.82) is 0 Å². The van der Waals surface area contributed by atoms with Gasteiger partial charge in [-0.05, 0) is 44.0 Å². The van der Waals surface area contributed by atoms with Crippen LogP contribution in [0.3, 0.4) is 0 Å². The predicted molar refractivity (Wildman–Crippen MR) is 54.7 cm³/mol. The third-order valence-corrected chi connectivity index (χ3v) is 2.58. The molecule has 2 nitrogen and oxygen atoms in total. The van der Waals surface area contributed by atoms with Gasteiger partial charge in [-0.1, -0.05) is 6.07 Å². The number of rotatable bonds is 1. The number of hydrogen-bond donors (Lipinski definition) is 0.